The SMILES string of the molecule is CN(Cc1nc(-c2ccc3nc[nH]c(=O)c3c2)no1)S(=O)(=O)c1ccc2c(c1)c(=O)n(C)c(=O)n2C. The molecule has 0 aliphatic rings. The lowest BCUT2D eigenvalue weighted by molar-refractivity contribution is 0.337. The molecule has 0 bridgehead atoms. The van der Waals surface area contributed by atoms with Gasteiger partial charge in [0.1, 0.15) is 0 Å². The van der Waals surface area contributed by atoms with E-state index < -0.39 is 21.3 Å². The molecule has 184 valence electrons. The van der Waals surface area contributed by atoms with Gasteiger partial charge in [0.05, 0.1) is 39.6 Å². The van der Waals surface area contributed by atoms with E-state index in [0.29, 0.717) is 22.0 Å². The van der Waals surface area contributed by atoms with Gasteiger partial charge in [0.2, 0.25) is 21.7 Å². The predicted octanol–water partition coefficient (Wildman–Crippen LogP) is 0.344. The molecule has 5 aromatic rings. The Morgan fingerprint density at radius 3 is 2.58 bits per heavy atom. The molecule has 5 rings (SSSR count). The van der Waals surface area contributed by atoms with E-state index >= 15 is 0 Å². The normalized spacial score (nSPS) is 12.1. The smallest absolute Gasteiger partial charge is 0.330 e. The second-order valence-electron chi connectivity index (χ2n) is 8.12. The fraction of sp³-hybridized carbons (Fsp3) is 0.182. The van der Waals surface area contributed by atoms with E-state index in [4.69, 9.17) is 4.52 Å². The van der Waals surface area contributed by atoms with Crippen LogP contribution in [0.2, 0.25) is 0 Å². The average Bonchev–Trinajstić information content (AvgIpc) is 3.34. The number of nitrogens with zero attached hydrogens (tertiary/aromatic N) is 6. The molecule has 3 heterocycles. The molecule has 0 aliphatic heterocycles. The van der Waals surface area contributed by atoms with Crippen LogP contribution in [0.1, 0.15) is 5.89 Å². The Balaban J connectivity index is 1.45. The molecular weight excluding hydrogens is 490 g/mol. The quantitative estimate of drug-likeness (QED) is 0.351. The minimum atomic E-state index is -4.05. The number of benzene rings is 2. The van der Waals surface area contributed by atoms with Crippen LogP contribution in [0.5, 0.6) is 0 Å². The number of fused-ring (bicyclic) bond motifs is 2. The molecule has 0 spiro atoms. The van der Waals surface area contributed by atoms with Crippen molar-refractivity contribution >= 4 is 31.8 Å². The minimum absolute atomic E-state index is 0.0235. The molecule has 0 saturated heterocycles. The Hall–Kier alpha value is -4.43. The fourth-order valence-electron chi connectivity index (χ4n) is 3.83. The Kier molecular flexibility index (Phi) is 5.41. The van der Waals surface area contributed by atoms with Gasteiger partial charge in [-0.25, -0.2) is 18.2 Å². The Labute approximate surface area is 202 Å². The highest BCUT2D eigenvalue weighted by atomic mass is 32.2. The first-order valence-electron chi connectivity index (χ1n) is 10.5. The van der Waals surface area contributed by atoms with Gasteiger partial charge in [-0.15, -0.1) is 0 Å². The number of hydrogen-bond acceptors (Lipinski definition) is 9. The zero-order valence-corrected chi connectivity index (χ0v) is 20.1. The van der Waals surface area contributed by atoms with E-state index in [1.54, 1.807) is 18.2 Å². The second-order valence-corrected chi connectivity index (χ2v) is 10.2. The molecule has 3 aromatic heterocycles. The van der Waals surface area contributed by atoms with Crippen LogP contribution in [-0.2, 0) is 30.7 Å². The summed E-state index contributed by atoms with van der Waals surface area (Å²) < 4.78 is 34.8. The topological polar surface area (TPSA) is 166 Å². The van der Waals surface area contributed by atoms with Crippen LogP contribution in [-0.4, -0.2) is 49.0 Å². The third kappa shape index (κ3) is 3.72. The fourth-order valence-corrected chi connectivity index (χ4v) is 4.98. The Morgan fingerprint density at radius 1 is 1.03 bits per heavy atom. The molecule has 0 aliphatic carbocycles. The molecule has 13 nitrogen and oxygen atoms in total. The molecule has 0 radical (unpaired) electrons. The van der Waals surface area contributed by atoms with Crippen molar-refractivity contribution in [1.29, 1.82) is 0 Å². The van der Waals surface area contributed by atoms with Gasteiger partial charge in [0, 0.05) is 26.7 Å². The number of aromatic amines is 1. The van der Waals surface area contributed by atoms with Gasteiger partial charge < -0.3 is 9.51 Å². The second kappa shape index (κ2) is 8.35. The minimum Gasteiger partial charge on any atom is -0.338 e. The number of aromatic nitrogens is 6. The summed E-state index contributed by atoms with van der Waals surface area (Å²) >= 11 is 0. The first-order chi connectivity index (χ1) is 17.1. The third-order valence-corrected chi connectivity index (χ3v) is 7.67. The average molecular weight is 510 g/mol. The summed E-state index contributed by atoms with van der Waals surface area (Å²) in [5.41, 5.74) is -0.115. The van der Waals surface area contributed by atoms with Crippen molar-refractivity contribution in [2.45, 2.75) is 11.4 Å². The van der Waals surface area contributed by atoms with Crippen LogP contribution in [0.3, 0.4) is 0 Å². The van der Waals surface area contributed by atoms with Crippen LogP contribution in [0, 0.1) is 0 Å². The largest absolute Gasteiger partial charge is 0.338 e. The predicted molar refractivity (Wildman–Crippen MR) is 129 cm³/mol. The van der Waals surface area contributed by atoms with Crippen molar-refractivity contribution < 1.29 is 12.9 Å². The van der Waals surface area contributed by atoms with Gasteiger partial charge in [-0.1, -0.05) is 5.16 Å². The highest BCUT2D eigenvalue weighted by Crippen LogP contribution is 2.22. The van der Waals surface area contributed by atoms with E-state index in [9.17, 15) is 22.8 Å². The number of sulfonamides is 1. The van der Waals surface area contributed by atoms with Crippen LogP contribution in [0.15, 0.2) is 66.5 Å². The van der Waals surface area contributed by atoms with E-state index in [1.807, 2.05) is 0 Å². The number of hydrogen-bond donors (Lipinski definition) is 1. The van der Waals surface area contributed by atoms with Crippen molar-refractivity contribution in [3.8, 4) is 11.4 Å². The van der Waals surface area contributed by atoms with Crippen molar-refractivity contribution in [2.75, 3.05) is 7.05 Å². The van der Waals surface area contributed by atoms with Crippen molar-refractivity contribution in [1.82, 2.24) is 33.5 Å². The summed E-state index contributed by atoms with van der Waals surface area (Å²) in [7, 11) is 0.108. The van der Waals surface area contributed by atoms with Gasteiger partial charge in [-0.2, -0.15) is 9.29 Å². The molecule has 0 fully saturated rings. The van der Waals surface area contributed by atoms with E-state index in [1.165, 1.54) is 50.2 Å². The maximum atomic E-state index is 13.2. The molecule has 2 aromatic carbocycles. The summed E-state index contributed by atoms with van der Waals surface area (Å²) in [5.74, 6) is 0.200. The number of nitrogens with one attached hydrogen (secondary N) is 1. The number of rotatable bonds is 5. The lowest BCUT2D eigenvalue weighted by Crippen LogP contribution is -2.37. The monoisotopic (exact) mass is 509 g/mol. The highest BCUT2D eigenvalue weighted by Gasteiger charge is 2.25. The number of H-pyrrole nitrogens is 1. The zero-order chi connectivity index (χ0) is 25.8. The van der Waals surface area contributed by atoms with Gasteiger partial charge in [-0.3, -0.25) is 18.7 Å². The van der Waals surface area contributed by atoms with E-state index in [0.717, 1.165) is 8.87 Å². The summed E-state index contributed by atoms with van der Waals surface area (Å²) in [6, 6.07) is 8.87. The first-order valence-corrected chi connectivity index (χ1v) is 12.0. The van der Waals surface area contributed by atoms with Gasteiger partial charge in [0.15, 0.2) is 0 Å². The lowest BCUT2D eigenvalue weighted by atomic mass is 10.1. The third-order valence-electron chi connectivity index (χ3n) is 5.87. The summed E-state index contributed by atoms with van der Waals surface area (Å²) in [6.45, 7) is -0.242. The summed E-state index contributed by atoms with van der Waals surface area (Å²) in [4.78, 5) is 47.5. The maximum absolute atomic E-state index is 13.2. The van der Waals surface area contributed by atoms with E-state index in [-0.39, 0.29) is 34.1 Å². The van der Waals surface area contributed by atoms with E-state index in [2.05, 4.69) is 20.1 Å². The first kappa shape index (κ1) is 23.3. The standard InChI is InChI=1S/C22H19N7O6S/c1-27(36(33,34)13-5-7-17-15(9-13)21(31)29(3)22(32)28(17)2)10-18-25-19(26-35-18)12-4-6-16-14(8-12)20(30)24-11-23-16/h4-9,11H,10H2,1-3H3,(H,23,24,30). The van der Waals surface area contributed by atoms with Crippen molar-refractivity contribution in [2.24, 2.45) is 14.1 Å². The Bertz CT molecular complexity index is 1950. The molecule has 0 unspecified atom stereocenters. The van der Waals surface area contributed by atoms with Crippen LogP contribution < -0.4 is 16.8 Å². The zero-order valence-electron chi connectivity index (χ0n) is 19.3. The van der Waals surface area contributed by atoms with Gasteiger partial charge in [0.25, 0.3) is 11.1 Å². The molecule has 36 heavy (non-hydrogen) atoms. The summed E-state index contributed by atoms with van der Waals surface area (Å²) in [5, 5.41) is 4.33. The molecule has 0 amide bonds. The maximum Gasteiger partial charge on any atom is 0.330 e. The van der Waals surface area contributed by atoms with Crippen LogP contribution in [0.25, 0.3) is 33.2 Å². The van der Waals surface area contributed by atoms with Crippen LogP contribution in [0.4, 0.5) is 0 Å². The number of aryl methyl sites for hydroxylation is 1. The summed E-state index contributed by atoms with van der Waals surface area (Å²) in [6.07, 6.45) is 1.31. The van der Waals surface area contributed by atoms with Crippen LogP contribution >= 0.6 is 0 Å². The Morgan fingerprint density at radius 2 is 1.81 bits per heavy atom. The van der Waals surface area contributed by atoms with Crippen molar-refractivity contribution in [3.05, 3.63) is 79.8 Å². The van der Waals surface area contributed by atoms with Gasteiger partial charge in [-0.05, 0) is 36.4 Å². The molecular formula is C22H19N7O6S. The molecule has 1 N–H and O–H groups in total. The van der Waals surface area contributed by atoms with Crippen molar-refractivity contribution in [3.63, 3.8) is 0 Å². The van der Waals surface area contributed by atoms with Gasteiger partial charge >= 0.3 is 5.69 Å². The molecule has 0 saturated carbocycles. The highest BCUT2D eigenvalue weighted by molar-refractivity contribution is 7.89. The molecule has 14 heteroatoms. The lowest BCUT2D eigenvalue weighted by Gasteiger charge is -2.16. The molecule has 0 atom stereocenters.